The van der Waals surface area contributed by atoms with E-state index in [1.165, 1.54) is 0 Å². The topological polar surface area (TPSA) is 77.7 Å². The highest BCUT2D eigenvalue weighted by Gasteiger charge is 2.35. The first-order chi connectivity index (χ1) is 13.6. The molecule has 3 aromatic rings. The number of halogens is 1. The number of amides is 1. The van der Waals surface area contributed by atoms with E-state index in [1.54, 1.807) is 4.90 Å². The number of carbonyl (C=O) groups is 1. The SMILES string of the molecule is Cc1ccc(N2C[C@@H](c3nc(-c4ccc5c(c4)OCO5)no3)CC2=O)cc1Cl. The highest BCUT2D eigenvalue weighted by Crippen LogP contribution is 2.37. The number of anilines is 1. The van der Waals surface area contributed by atoms with Crippen molar-refractivity contribution in [3.05, 3.63) is 52.9 Å². The van der Waals surface area contributed by atoms with Crippen molar-refractivity contribution in [2.24, 2.45) is 0 Å². The molecule has 0 bridgehead atoms. The van der Waals surface area contributed by atoms with Gasteiger partial charge in [0.1, 0.15) is 0 Å². The third-order valence-electron chi connectivity index (χ3n) is 5.01. The fraction of sp³-hybridized carbons (Fsp3) is 0.250. The summed E-state index contributed by atoms with van der Waals surface area (Å²) in [5, 5.41) is 4.71. The van der Waals surface area contributed by atoms with Crippen molar-refractivity contribution in [1.82, 2.24) is 10.1 Å². The van der Waals surface area contributed by atoms with Crippen LogP contribution in [-0.2, 0) is 4.79 Å². The Labute approximate surface area is 165 Å². The van der Waals surface area contributed by atoms with Gasteiger partial charge in [0.2, 0.25) is 24.4 Å². The molecule has 0 unspecified atom stereocenters. The normalized spacial score (nSPS) is 18.1. The van der Waals surface area contributed by atoms with E-state index in [2.05, 4.69) is 10.1 Å². The van der Waals surface area contributed by atoms with Crippen LogP contribution in [0.2, 0.25) is 5.02 Å². The number of hydrogen-bond acceptors (Lipinski definition) is 6. The molecule has 2 aromatic carbocycles. The molecule has 8 heteroatoms. The smallest absolute Gasteiger partial charge is 0.232 e. The molecule has 28 heavy (non-hydrogen) atoms. The minimum Gasteiger partial charge on any atom is -0.454 e. The molecule has 0 radical (unpaired) electrons. The summed E-state index contributed by atoms with van der Waals surface area (Å²) < 4.78 is 16.2. The Morgan fingerprint density at radius 2 is 2.00 bits per heavy atom. The summed E-state index contributed by atoms with van der Waals surface area (Å²) in [6, 6.07) is 11.1. The fourth-order valence-corrected chi connectivity index (χ4v) is 3.60. The third-order valence-corrected chi connectivity index (χ3v) is 5.42. The zero-order chi connectivity index (χ0) is 19.3. The maximum atomic E-state index is 12.5. The molecule has 7 nitrogen and oxygen atoms in total. The summed E-state index contributed by atoms with van der Waals surface area (Å²) in [6.45, 7) is 2.61. The highest BCUT2D eigenvalue weighted by atomic mass is 35.5. The van der Waals surface area contributed by atoms with E-state index < -0.39 is 0 Å². The van der Waals surface area contributed by atoms with Crippen molar-refractivity contribution in [3.8, 4) is 22.9 Å². The number of aromatic nitrogens is 2. The molecule has 0 aliphatic carbocycles. The van der Waals surface area contributed by atoms with Crippen molar-refractivity contribution in [3.63, 3.8) is 0 Å². The lowest BCUT2D eigenvalue weighted by Gasteiger charge is -2.17. The lowest BCUT2D eigenvalue weighted by atomic mass is 10.1. The molecule has 1 saturated heterocycles. The van der Waals surface area contributed by atoms with Crippen molar-refractivity contribution >= 4 is 23.2 Å². The van der Waals surface area contributed by atoms with Crippen molar-refractivity contribution < 1.29 is 18.8 Å². The molecule has 1 fully saturated rings. The number of aryl methyl sites for hydroxylation is 1. The molecule has 2 aliphatic rings. The lowest BCUT2D eigenvalue weighted by molar-refractivity contribution is -0.117. The highest BCUT2D eigenvalue weighted by molar-refractivity contribution is 6.31. The maximum Gasteiger partial charge on any atom is 0.232 e. The van der Waals surface area contributed by atoms with Gasteiger partial charge in [-0.2, -0.15) is 4.98 Å². The summed E-state index contributed by atoms with van der Waals surface area (Å²) in [5.41, 5.74) is 2.52. The fourth-order valence-electron chi connectivity index (χ4n) is 3.43. The van der Waals surface area contributed by atoms with Crippen LogP contribution in [-0.4, -0.2) is 29.4 Å². The molecule has 0 spiro atoms. The summed E-state index contributed by atoms with van der Waals surface area (Å²) in [7, 11) is 0. The van der Waals surface area contributed by atoms with Gasteiger partial charge in [-0.25, -0.2) is 0 Å². The van der Waals surface area contributed by atoms with Crippen molar-refractivity contribution in [2.75, 3.05) is 18.2 Å². The van der Waals surface area contributed by atoms with Crippen LogP contribution >= 0.6 is 11.6 Å². The molecule has 1 aromatic heterocycles. The van der Waals surface area contributed by atoms with Crippen molar-refractivity contribution in [1.29, 1.82) is 0 Å². The Balaban J connectivity index is 1.37. The first-order valence-electron chi connectivity index (χ1n) is 8.88. The molecule has 0 N–H and O–H groups in total. The van der Waals surface area contributed by atoms with Gasteiger partial charge < -0.3 is 18.9 Å². The second-order valence-corrected chi connectivity index (χ2v) is 7.27. The second kappa shape index (κ2) is 6.53. The van der Waals surface area contributed by atoms with Crippen LogP contribution in [0.25, 0.3) is 11.4 Å². The average molecular weight is 398 g/mol. The zero-order valence-corrected chi connectivity index (χ0v) is 15.8. The van der Waals surface area contributed by atoms with E-state index in [0.717, 1.165) is 16.8 Å². The first kappa shape index (κ1) is 17.1. The van der Waals surface area contributed by atoms with Crippen molar-refractivity contribution in [2.45, 2.75) is 19.3 Å². The quantitative estimate of drug-likeness (QED) is 0.666. The number of benzene rings is 2. The van der Waals surface area contributed by atoms with Gasteiger partial charge in [0.15, 0.2) is 11.5 Å². The van der Waals surface area contributed by atoms with E-state index >= 15 is 0 Å². The minimum absolute atomic E-state index is 0.00718. The average Bonchev–Trinajstić information content (AvgIpc) is 3.42. The predicted octanol–water partition coefficient (Wildman–Crippen LogP) is 3.95. The van der Waals surface area contributed by atoms with Crippen LogP contribution < -0.4 is 14.4 Å². The second-order valence-electron chi connectivity index (χ2n) is 6.86. The Morgan fingerprint density at radius 1 is 1.14 bits per heavy atom. The number of fused-ring (bicyclic) bond motifs is 1. The van der Waals surface area contributed by atoms with Gasteiger partial charge in [-0.3, -0.25) is 4.79 Å². The first-order valence-corrected chi connectivity index (χ1v) is 9.26. The van der Waals surface area contributed by atoms with Crippen LogP contribution in [0.5, 0.6) is 11.5 Å². The molecular weight excluding hydrogens is 382 g/mol. The number of carbonyl (C=O) groups excluding carboxylic acids is 1. The van der Waals surface area contributed by atoms with E-state index in [0.29, 0.717) is 41.2 Å². The molecule has 1 atom stereocenters. The Hall–Kier alpha value is -3.06. The monoisotopic (exact) mass is 397 g/mol. The number of nitrogens with zero attached hydrogens (tertiary/aromatic N) is 3. The van der Waals surface area contributed by atoms with E-state index in [1.807, 2.05) is 43.3 Å². The molecule has 142 valence electrons. The summed E-state index contributed by atoms with van der Waals surface area (Å²) in [5.74, 6) is 2.10. The van der Waals surface area contributed by atoms with Crippen LogP contribution in [0.4, 0.5) is 5.69 Å². The molecular formula is C20H16ClN3O4. The van der Waals surface area contributed by atoms with Gasteiger partial charge in [-0.05, 0) is 42.8 Å². The van der Waals surface area contributed by atoms with Gasteiger partial charge in [-0.1, -0.05) is 22.8 Å². The van der Waals surface area contributed by atoms with Gasteiger partial charge in [0, 0.05) is 29.2 Å². The summed E-state index contributed by atoms with van der Waals surface area (Å²) in [6.07, 6.45) is 0.314. The molecule has 2 aliphatic heterocycles. The maximum absolute atomic E-state index is 12.5. The van der Waals surface area contributed by atoms with Crippen LogP contribution in [0.15, 0.2) is 40.9 Å². The van der Waals surface area contributed by atoms with Gasteiger partial charge in [0.05, 0.1) is 5.92 Å². The van der Waals surface area contributed by atoms with Gasteiger partial charge >= 0.3 is 0 Å². The van der Waals surface area contributed by atoms with Crippen LogP contribution in [0.1, 0.15) is 23.8 Å². The largest absolute Gasteiger partial charge is 0.454 e. The lowest BCUT2D eigenvalue weighted by Crippen LogP contribution is -2.24. The summed E-state index contributed by atoms with van der Waals surface area (Å²) in [4.78, 5) is 18.7. The van der Waals surface area contributed by atoms with Gasteiger partial charge in [-0.15, -0.1) is 0 Å². The van der Waals surface area contributed by atoms with E-state index in [9.17, 15) is 4.79 Å². The molecule has 1 amide bonds. The zero-order valence-electron chi connectivity index (χ0n) is 15.0. The van der Waals surface area contributed by atoms with E-state index in [4.69, 9.17) is 25.6 Å². The Kier molecular flexibility index (Phi) is 3.98. The van der Waals surface area contributed by atoms with E-state index in [-0.39, 0.29) is 18.6 Å². The summed E-state index contributed by atoms with van der Waals surface area (Å²) >= 11 is 6.21. The van der Waals surface area contributed by atoms with Crippen LogP contribution in [0.3, 0.4) is 0 Å². The number of ether oxygens (including phenoxy) is 2. The van der Waals surface area contributed by atoms with Crippen LogP contribution in [0, 0.1) is 6.92 Å². The minimum atomic E-state index is -0.164. The van der Waals surface area contributed by atoms with Gasteiger partial charge in [0.25, 0.3) is 0 Å². The third kappa shape index (κ3) is 2.88. The number of rotatable bonds is 3. The molecule has 5 rings (SSSR count). The molecule has 3 heterocycles. The number of hydrogen-bond donors (Lipinski definition) is 0. The predicted molar refractivity (Wildman–Crippen MR) is 102 cm³/mol. The molecule has 0 saturated carbocycles. The Morgan fingerprint density at radius 3 is 2.86 bits per heavy atom. The Bertz CT molecular complexity index is 1080. The standard InChI is InChI=1S/C20H16ClN3O4/c1-11-2-4-14(8-15(11)21)24-9-13(7-18(24)25)20-22-19(23-28-20)12-3-5-16-17(6-12)27-10-26-16/h2-6,8,13H,7,9-10H2,1H3/t13-/m0/s1.